The summed E-state index contributed by atoms with van der Waals surface area (Å²) in [5.41, 5.74) is 2.75. The second-order valence-corrected chi connectivity index (χ2v) is 5.24. The van der Waals surface area contributed by atoms with Gasteiger partial charge in [-0.05, 0) is 0 Å². The van der Waals surface area contributed by atoms with Crippen LogP contribution in [0.25, 0.3) is 0 Å². The van der Waals surface area contributed by atoms with Gasteiger partial charge >= 0.3 is 101 Å². The monoisotopic (exact) mass is 271 g/mol. The summed E-state index contributed by atoms with van der Waals surface area (Å²) in [6.45, 7) is 1.98. The summed E-state index contributed by atoms with van der Waals surface area (Å²) < 4.78 is 1.31. The number of hydrogen-bond acceptors (Lipinski definition) is 2. The number of nitrogens with zero attached hydrogens (tertiary/aromatic N) is 2. The zero-order valence-corrected chi connectivity index (χ0v) is 11.7. The van der Waals surface area contributed by atoms with Gasteiger partial charge in [0.2, 0.25) is 0 Å². The minimum absolute atomic E-state index is 0.990. The maximum absolute atomic E-state index is 3.20. The minimum atomic E-state index is 0.990. The summed E-state index contributed by atoms with van der Waals surface area (Å²) >= 11 is 3.20. The maximum atomic E-state index is 3.20. The Hall–Kier alpha value is -0.341. The summed E-state index contributed by atoms with van der Waals surface area (Å²) in [5, 5.41) is 0. The van der Waals surface area contributed by atoms with Crippen LogP contribution in [-0.2, 0) is 13.1 Å². The molecule has 0 fully saturated rings. The van der Waals surface area contributed by atoms with Crippen molar-refractivity contribution in [2.45, 2.75) is 13.1 Å². The summed E-state index contributed by atoms with van der Waals surface area (Å²) in [6.07, 6.45) is 0. The van der Waals surface area contributed by atoms with Crippen molar-refractivity contribution in [2.75, 3.05) is 28.2 Å². The van der Waals surface area contributed by atoms with E-state index in [0.29, 0.717) is 0 Å². The van der Waals surface area contributed by atoms with E-state index in [1.165, 1.54) is 15.6 Å². The van der Waals surface area contributed by atoms with Crippen LogP contribution in [0, 0.1) is 0 Å². The molecule has 0 aliphatic rings. The first-order valence-electron chi connectivity index (χ1n) is 5.08. The Bertz CT molecular complexity index is 293. The van der Waals surface area contributed by atoms with Crippen molar-refractivity contribution >= 4 is 20.5 Å². The van der Waals surface area contributed by atoms with E-state index in [-0.39, 0.29) is 0 Å². The average molecular weight is 270 g/mol. The van der Waals surface area contributed by atoms with Gasteiger partial charge < -0.3 is 0 Å². The van der Waals surface area contributed by atoms with Crippen LogP contribution >= 0.6 is 0 Å². The van der Waals surface area contributed by atoms with E-state index in [4.69, 9.17) is 0 Å². The van der Waals surface area contributed by atoms with Crippen LogP contribution < -0.4 is 4.46 Å². The van der Waals surface area contributed by atoms with Gasteiger partial charge in [0.15, 0.2) is 0 Å². The molecule has 1 aromatic carbocycles. The molecular weight excluding hydrogens is 251 g/mol. The quantitative estimate of drug-likeness (QED) is 0.739. The van der Waals surface area contributed by atoms with Crippen molar-refractivity contribution in [3.8, 4) is 0 Å². The SMILES string of the molecule is CN(C)Cc1cccc(CN(C)C)c1[Se+]. The first-order chi connectivity index (χ1) is 7.00. The first-order valence-corrected chi connectivity index (χ1v) is 5.93. The molecule has 3 heteroatoms. The van der Waals surface area contributed by atoms with Crippen LogP contribution in [0.5, 0.6) is 0 Å². The molecule has 0 aromatic heterocycles. The molecule has 0 atom stereocenters. The predicted molar refractivity (Wildman–Crippen MR) is 66.6 cm³/mol. The Morgan fingerprint density at radius 1 is 0.933 bits per heavy atom. The summed E-state index contributed by atoms with van der Waals surface area (Å²) in [6, 6.07) is 6.51. The molecule has 0 bridgehead atoms. The molecule has 0 spiro atoms. The van der Waals surface area contributed by atoms with E-state index in [2.05, 4.69) is 72.2 Å². The third-order valence-corrected chi connectivity index (χ3v) is 3.25. The van der Waals surface area contributed by atoms with Crippen LogP contribution in [0.3, 0.4) is 0 Å². The van der Waals surface area contributed by atoms with Gasteiger partial charge in [-0.25, -0.2) is 0 Å². The van der Waals surface area contributed by atoms with Gasteiger partial charge in [-0.1, -0.05) is 0 Å². The Morgan fingerprint density at radius 3 is 1.67 bits per heavy atom. The molecule has 2 nitrogen and oxygen atoms in total. The molecule has 82 valence electrons. The van der Waals surface area contributed by atoms with Crippen molar-refractivity contribution in [3.63, 3.8) is 0 Å². The van der Waals surface area contributed by atoms with Crippen LogP contribution in [-0.4, -0.2) is 54.0 Å². The van der Waals surface area contributed by atoms with Crippen molar-refractivity contribution in [3.05, 3.63) is 29.3 Å². The molecule has 0 heterocycles. The molecule has 0 amide bonds. The zero-order chi connectivity index (χ0) is 11.4. The number of rotatable bonds is 4. The van der Waals surface area contributed by atoms with Gasteiger partial charge in [0.25, 0.3) is 0 Å². The topological polar surface area (TPSA) is 6.48 Å². The Morgan fingerprint density at radius 2 is 1.33 bits per heavy atom. The second kappa shape index (κ2) is 5.66. The standard InChI is InChI=1S/C12H19N2Se/c1-13(2)8-10-6-5-7-11(12(10)15)9-14(3)4/h5-7H,8-9H2,1-4H3/q+1. The predicted octanol–water partition coefficient (Wildman–Crippen LogP) is 0.604. The molecule has 15 heavy (non-hydrogen) atoms. The van der Waals surface area contributed by atoms with E-state index < -0.39 is 0 Å². The summed E-state index contributed by atoms with van der Waals surface area (Å²) in [7, 11) is 8.38. The van der Waals surface area contributed by atoms with E-state index >= 15 is 0 Å². The van der Waals surface area contributed by atoms with Crippen LogP contribution in [0.2, 0.25) is 0 Å². The first kappa shape index (κ1) is 12.7. The number of hydrogen-bond donors (Lipinski definition) is 0. The molecule has 0 saturated heterocycles. The molecule has 2 radical (unpaired) electrons. The van der Waals surface area contributed by atoms with Crippen molar-refractivity contribution in [2.24, 2.45) is 0 Å². The molecule has 1 aromatic rings. The third-order valence-electron chi connectivity index (χ3n) is 2.15. The third kappa shape index (κ3) is 3.96. The Kier molecular flexibility index (Phi) is 4.81. The van der Waals surface area contributed by atoms with Gasteiger partial charge in [0.1, 0.15) is 0 Å². The fraction of sp³-hybridized carbons (Fsp3) is 0.500. The fourth-order valence-electron chi connectivity index (χ4n) is 1.57. The molecule has 1 rings (SSSR count). The van der Waals surface area contributed by atoms with E-state index in [9.17, 15) is 0 Å². The second-order valence-electron chi connectivity index (χ2n) is 4.38. The molecule has 0 saturated carbocycles. The Labute approximate surface area is 101 Å². The van der Waals surface area contributed by atoms with Crippen molar-refractivity contribution in [1.29, 1.82) is 0 Å². The summed E-state index contributed by atoms with van der Waals surface area (Å²) in [5.74, 6) is 0. The molecule has 0 unspecified atom stereocenters. The van der Waals surface area contributed by atoms with E-state index in [0.717, 1.165) is 13.1 Å². The molecule has 0 aliphatic carbocycles. The van der Waals surface area contributed by atoms with Gasteiger partial charge in [0, 0.05) is 0 Å². The molecular formula is C12H19N2Se+. The normalized spacial score (nSPS) is 11.3. The van der Waals surface area contributed by atoms with Crippen molar-refractivity contribution in [1.82, 2.24) is 9.80 Å². The zero-order valence-electron chi connectivity index (χ0n) is 9.95. The van der Waals surface area contributed by atoms with Crippen molar-refractivity contribution < 1.29 is 0 Å². The van der Waals surface area contributed by atoms with Crippen LogP contribution in [0.4, 0.5) is 0 Å². The van der Waals surface area contributed by atoms with Gasteiger partial charge in [-0.3, -0.25) is 0 Å². The van der Waals surface area contributed by atoms with E-state index in [1.807, 2.05) is 0 Å². The summed E-state index contributed by atoms with van der Waals surface area (Å²) in [4.78, 5) is 4.38. The van der Waals surface area contributed by atoms with Gasteiger partial charge in [-0.15, -0.1) is 0 Å². The molecule has 0 aliphatic heterocycles. The van der Waals surface area contributed by atoms with Gasteiger partial charge in [-0.2, -0.15) is 0 Å². The fourth-order valence-corrected chi connectivity index (χ4v) is 2.12. The Balaban J connectivity index is 2.90. The average Bonchev–Trinajstić information content (AvgIpc) is 2.10. The number of benzene rings is 1. The van der Waals surface area contributed by atoms with Crippen LogP contribution in [0.15, 0.2) is 18.2 Å². The molecule has 0 N–H and O–H groups in total. The van der Waals surface area contributed by atoms with Crippen LogP contribution in [0.1, 0.15) is 11.1 Å². The van der Waals surface area contributed by atoms with E-state index in [1.54, 1.807) is 0 Å². The van der Waals surface area contributed by atoms with Gasteiger partial charge in [0.05, 0.1) is 0 Å².